The van der Waals surface area contributed by atoms with Crippen molar-refractivity contribution in [3.05, 3.63) is 82.4 Å². The molecule has 0 aliphatic heterocycles. The number of halogens is 3. The molecule has 0 unspecified atom stereocenters. The third-order valence-corrected chi connectivity index (χ3v) is 3.70. The largest absolute Gasteiger partial charge is 0.207 e. The Balaban J connectivity index is 0.000000231. The molecule has 0 amide bonds. The molecule has 0 fully saturated rings. The van der Waals surface area contributed by atoms with Crippen LogP contribution in [0.15, 0.2) is 59.7 Å². The van der Waals surface area contributed by atoms with E-state index in [0.717, 1.165) is 16.5 Å². The molecule has 0 spiro atoms. The molecule has 0 aliphatic carbocycles. The summed E-state index contributed by atoms with van der Waals surface area (Å²) in [6.07, 6.45) is 4.04. The Morgan fingerprint density at radius 3 is 1.52 bits per heavy atom. The summed E-state index contributed by atoms with van der Waals surface area (Å²) in [6, 6.07) is 12.9. The second-order valence-corrected chi connectivity index (χ2v) is 6.01. The van der Waals surface area contributed by atoms with E-state index >= 15 is 0 Å². The van der Waals surface area contributed by atoms with Gasteiger partial charge in [0, 0.05) is 5.33 Å². The van der Waals surface area contributed by atoms with E-state index in [1.165, 1.54) is 35.4 Å². The minimum absolute atomic E-state index is 0.184. The van der Waals surface area contributed by atoms with E-state index in [9.17, 15) is 8.78 Å². The van der Waals surface area contributed by atoms with Gasteiger partial charge in [-0.15, -0.1) is 0 Å². The summed E-state index contributed by atoms with van der Waals surface area (Å²) >= 11 is 3.34. The van der Waals surface area contributed by atoms with Gasteiger partial charge >= 0.3 is 0 Å². The Morgan fingerprint density at radius 1 is 0.783 bits per heavy atom. The molecule has 0 bridgehead atoms. The van der Waals surface area contributed by atoms with Gasteiger partial charge in [-0.3, -0.25) is 0 Å². The molecule has 0 nitrogen and oxygen atoms in total. The molecule has 3 heteroatoms. The van der Waals surface area contributed by atoms with Crippen LogP contribution in [0.4, 0.5) is 8.78 Å². The molecule has 2 aromatic carbocycles. The van der Waals surface area contributed by atoms with E-state index in [-0.39, 0.29) is 11.6 Å². The zero-order valence-corrected chi connectivity index (χ0v) is 15.2. The molecule has 0 aromatic heterocycles. The van der Waals surface area contributed by atoms with Gasteiger partial charge in [0.15, 0.2) is 0 Å². The first-order valence-corrected chi connectivity index (χ1v) is 8.42. The maximum absolute atomic E-state index is 12.5. The number of hydrogen-bond donors (Lipinski definition) is 0. The van der Waals surface area contributed by atoms with Gasteiger partial charge in [-0.1, -0.05) is 63.5 Å². The van der Waals surface area contributed by atoms with Crippen LogP contribution in [0.25, 0.3) is 12.2 Å². The molecule has 0 saturated heterocycles. The number of allylic oxidation sites excluding steroid dienone is 2. The minimum atomic E-state index is -0.191. The topological polar surface area (TPSA) is 0 Å². The summed E-state index contributed by atoms with van der Waals surface area (Å²) in [7, 11) is 0. The monoisotopic (exact) mass is 378 g/mol. The van der Waals surface area contributed by atoms with Crippen LogP contribution in [0, 0.1) is 11.6 Å². The van der Waals surface area contributed by atoms with Crippen molar-refractivity contribution in [2.24, 2.45) is 0 Å². The van der Waals surface area contributed by atoms with E-state index in [1.54, 1.807) is 24.3 Å². The molecular formula is C20H21BrF2. The van der Waals surface area contributed by atoms with Crippen LogP contribution < -0.4 is 0 Å². The summed E-state index contributed by atoms with van der Waals surface area (Å²) in [5.41, 5.74) is 4.53. The lowest BCUT2D eigenvalue weighted by atomic mass is 10.1. The first kappa shape index (κ1) is 19.3. The number of alkyl halides is 1. The number of hydrogen-bond acceptors (Lipinski definition) is 0. The Hall–Kier alpha value is -1.74. The maximum atomic E-state index is 12.5. The first-order chi connectivity index (χ1) is 10.9. The van der Waals surface area contributed by atoms with Crippen LogP contribution in [0.1, 0.15) is 31.9 Å². The number of rotatable bonds is 3. The predicted octanol–water partition coefficient (Wildman–Crippen LogP) is 6.87. The molecular weight excluding hydrogens is 358 g/mol. The Morgan fingerprint density at radius 2 is 1.17 bits per heavy atom. The predicted molar refractivity (Wildman–Crippen MR) is 99.6 cm³/mol. The molecule has 0 heterocycles. The van der Waals surface area contributed by atoms with Crippen molar-refractivity contribution in [3.8, 4) is 0 Å². The Labute approximate surface area is 145 Å². The first-order valence-electron chi connectivity index (χ1n) is 7.30. The van der Waals surface area contributed by atoms with Crippen molar-refractivity contribution >= 4 is 28.1 Å². The Kier molecular flexibility index (Phi) is 8.49. The maximum Gasteiger partial charge on any atom is 0.123 e. The average Bonchev–Trinajstić information content (AvgIpc) is 2.52. The van der Waals surface area contributed by atoms with Gasteiger partial charge in [-0.25, -0.2) is 8.78 Å². The van der Waals surface area contributed by atoms with Gasteiger partial charge in [-0.05, 0) is 56.2 Å². The standard InChI is InChI=1S/C10H10BrF.C10H11F/c1-8(7-11)6-9-2-4-10(12)5-3-9;1-8(2)7-9-3-5-10(11)6-4-9/h2-6H,7H2,1H3;3-7H,1-2H3. The summed E-state index contributed by atoms with van der Waals surface area (Å²) in [5, 5.41) is 0.852. The van der Waals surface area contributed by atoms with Crippen LogP contribution >= 0.6 is 15.9 Å². The van der Waals surface area contributed by atoms with Gasteiger partial charge < -0.3 is 0 Å². The zero-order chi connectivity index (χ0) is 17.2. The Bertz CT molecular complexity index is 649. The van der Waals surface area contributed by atoms with Crippen LogP contribution in [-0.4, -0.2) is 5.33 Å². The molecule has 0 N–H and O–H groups in total. The quantitative estimate of drug-likeness (QED) is 0.511. The van der Waals surface area contributed by atoms with E-state index in [4.69, 9.17) is 0 Å². The van der Waals surface area contributed by atoms with Crippen molar-refractivity contribution < 1.29 is 8.78 Å². The molecule has 0 atom stereocenters. The second-order valence-electron chi connectivity index (χ2n) is 5.45. The molecule has 0 aliphatic rings. The molecule has 122 valence electrons. The normalized spacial score (nSPS) is 10.6. The van der Waals surface area contributed by atoms with Gasteiger partial charge in [0.05, 0.1) is 0 Å². The number of benzene rings is 2. The summed E-state index contributed by atoms with van der Waals surface area (Å²) in [5.74, 6) is -0.375. The fourth-order valence-electron chi connectivity index (χ4n) is 1.77. The molecule has 0 radical (unpaired) electrons. The van der Waals surface area contributed by atoms with Gasteiger partial charge in [0.2, 0.25) is 0 Å². The second kappa shape index (κ2) is 10.1. The molecule has 2 rings (SSSR count). The third-order valence-electron chi connectivity index (χ3n) is 2.82. The SMILES string of the molecule is CC(=Cc1ccc(F)cc1)CBr.CC(C)=Cc1ccc(F)cc1. The van der Waals surface area contributed by atoms with Crippen molar-refractivity contribution in [2.45, 2.75) is 20.8 Å². The highest BCUT2D eigenvalue weighted by molar-refractivity contribution is 9.09. The van der Waals surface area contributed by atoms with E-state index in [1.807, 2.05) is 32.9 Å². The minimum Gasteiger partial charge on any atom is -0.207 e. The van der Waals surface area contributed by atoms with E-state index < -0.39 is 0 Å². The lowest BCUT2D eigenvalue weighted by Gasteiger charge is -1.95. The molecule has 23 heavy (non-hydrogen) atoms. The molecule has 2 aromatic rings. The molecule has 0 saturated carbocycles. The summed E-state index contributed by atoms with van der Waals surface area (Å²) in [6.45, 7) is 6.06. The average molecular weight is 379 g/mol. The lowest BCUT2D eigenvalue weighted by molar-refractivity contribution is 0.627. The lowest BCUT2D eigenvalue weighted by Crippen LogP contribution is -1.78. The fraction of sp³-hybridized carbons (Fsp3) is 0.200. The highest BCUT2D eigenvalue weighted by Crippen LogP contribution is 2.09. The summed E-state index contributed by atoms with van der Waals surface area (Å²) in [4.78, 5) is 0. The van der Waals surface area contributed by atoms with Gasteiger partial charge in [-0.2, -0.15) is 0 Å². The third kappa shape index (κ3) is 8.46. The van der Waals surface area contributed by atoms with Crippen molar-refractivity contribution in [3.63, 3.8) is 0 Å². The van der Waals surface area contributed by atoms with Crippen molar-refractivity contribution in [1.29, 1.82) is 0 Å². The van der Waals surface area contributed by atoms with Crippen LogP contribution in [0.2, 0.25) is 0 Å². The van der Waals surface area contributed by atoms with Crippen LogP contribution in [-0.2, 0) is 0 Å². The fourth-order valence-corrected chi connectivity index (χ4v) is 1.94. The van der Waals surface area contributed by atoms with Gasteiger partial charge in [0.25, 0.3) is 0 Å². The van der Waals surface area contributed by atoms with Gasteiger partial charge in [0.1, 0.15) is 11.6 Å². The van der Waals surface area contributed by atoms with Crippen LogP contribution in [0.3, 0.4) is 0 Å². The highest BCUT2D eigenvalue weighted by atomic mass is 79.9. The summed E-state index contributed by atoms with van der Waals surface area (Å²) < 4.78 is 24.9. The van der Waals surface area contributed by atoms with Crippen LogP contribution in [0.5, 0.6) is 0 Å². The smallest absolute Gasteiger partial charge is 0.123 e. The highest BCUT2D eigenvalue weighted by Gasteiger charge is 1.91. The zero-order valence-electron chi connectivity index (χ0n) is 13.6. The van der Waals surface area contributed by atoms with Crippen molar-refractivity contribution in [1.82, 2.24) is 0 Å². The van der Waals surface area contributed by atoms with Crippen molar-refractivity contribution in [2.75, 3.05) is 5.33 Å². The van der Waals surface area contributed by atoms with E-state index in [2.05, 4.69) is 15.9 Å². The van der Waals surface area contributed by atoms with E-state index in [0.29, 0.717) is 0 Å².